The number of carbonyl (C=O) groups is 1. The zero-order valence-corrected chi connectivity index (χ0v) is 8.61. The van der Waals surface area contributed by atoms with Crippen LogP contribution in [0.2, 0.25) is 0 Å². The van der Waals surface area contributed by atoms with Crippen LogP contribution in [0.25, 0.3) is 0 Å². The third kappa shape index (κ3) is 1.54. The van der Waals surface area contributed by atoms with Crippen molar-refractivity contribution in [1.82, 2.24) is 0 Å². The third-order valence-corrected chi connectivity index (χ3v) is 4.01. The van der Waals surface area contributed by atoms with E-state index in [2.05, 4.69) is 0 Å². The molecular formula is C11H18O3. The van der Waals surface area contributed by atoms with Gasteiger partial charge in [-0.1, -0.05) is 0 Å². The number of fused-ring (bicyclic) bond motifs is 2. The van der Waals surface area contributed by atoms with Gasteiger partial charge in [-0.15, -0.1) is 0 Å². The largest absolute Gasteiger partial charge is 0.469 e. The third-order valence-electron chi connectivity index (χ3n) is 4.01. The first kappa shape index (κ1) is 9.97. The minimum absolute atomic E-state index is 0.0278. The van der Waals surface area contributed by atoms with E-state index < -0.39 is 0 Å². The molecule has 0 amide bonds. The van der Waals surface area contributed by atoms with Crippen LogP contribution in [0.5, 0.6) is 0 Å². The highest BCUT2D eigenvalue weighted by Gasteiger charge is 2.48. The van der Waals surface area contributed by atoms with Gasteiger partial charge in [0.2, 0.25) is 0 Å². The van der Waals surface area contributed by atoms with Crippen LogP contribution in [0.4, 0.5) is 0 Å². The molecular weight excluding hydrogens is 180 g/mol. The van der Waals surface area contributed by atoms with Gasteiger partial charge in [0.1, 0.15) is 0 Å². The minimum atomic E-state index is -0.0278. The molecule has 0 spiro atoms. The Morgan fingerprint density at radius 2 is 2.14 bits per heavy atom. The molecule has 2 fully saturated rings. The van der Waals surface area contributed by atoms with Gasteiger partial charge < -0.3 is 9.84 Å². The van der Waals surface area contributed by atoms with Crippen molar-refractivity contribution in [2.45, 2.75) is 25.7 Å². The average Bonchev–Trinajstić information content (AvgIpc) is 2.76. The maximum absolute atomic E-state index is 11.4. The minimum Gasteiger partial charge on any atom is -0.469 e. The molecule has 0 radical (unpaired) electrons. The van der Waals surface area contributed by atoms with Crippen LogP contribution >= 0.6 is 0 Å². The second kappa shape index (κ2) is 3.89. The van der Waals surface area contributed by atoms with Gasteiger partial charge in [-0.2, -0.15) is 0 Å². The van der Waals surface area contributed by atoms with Crippen molar-refractivity contribution < 1.29 is 14.6 Å². The molecule has 1 N–H and O–H groups in total. The molecule has 2 aliphatic rings. The summed E-state index contributed by atoms with van der Waals surface area (Å²) in [5.41, 5.74) is 0. The van der Waals surface area contributed by atoms with Gasteiger partial charge in [-0.05, 0) is 43.4 Å². The Labute approximate surface area is 84.4 Å². The molecule has 14 heavy (non-hydrogen) atoms. The monoisotopic (exact) mass is 198 g/mol. The van der Waals surface area contributed by atoms with E-state index in [4.69, 9.17) is 9.84 Å². The van der Waals surface area contributed by atoms with E-state index in [1.165, 1.54) is 13.5 Å². The van der Waals surface area contributed by atoms with Gasteiger partial charge in [-0.25, -0.2) is 0 Å². The summed E-state index contributed by atoms with van der Waals surface area (Å²) in [6.45, 7) is 0.288. The molecule has 0 aromatic carbocycles. The number of methoxy groups -OCH3 is 1. The summed E-state index contributed by atoms with van der Waals surface area (Å²) in [5.74, 6) is 1.98. The lowest BCUT2D eigenvalue weighted by Crippen LogP contribution is -2.25. The van der Waals surface area contributed by atoms with Crippen molar-refractivity contribution >= 4 is 5.97 Å². The van der Waals surface area contributed by atoms with Crippen molar-refractivity contribution in [3.05, 3.63) is 0 Å². The molecule has 0 aliphatic heterocycles. The van der Waals surface area contributed by atoms with E-state index in [9.17, 15) is 4.79 Å². The molecule has 2 saturated carbocycles. The summed E-state index contributed by atoms with van der Waals surface area (Å²) >= 11 is 0. The van der Waals surface area contributed by atoms with Gasteiger partial charge in [0.05, 0.1) is 13.0 Å². The Balaban J connectivity index is 1.93. The number of aliphatic hydroxyl groups excluding tert-OH is 1. The van der Waals surface area contributed by atoms with Crippen molar-refractivity contribution in [3.8, 4) is 0 Å². The molecule has 3 nitrogen and oxygen atoms in total. The predicted molar refractivity (Wildman–Crippen MR) is 51.5 cm³/mol. The summed E-state index contributed by atoms with van der Waals surface area (Å²) in [4.78, 5) is 11.4. The second-order valence-electron chi connectivity index (χ2n) is 4.63. The lowest BCUT2D eigenvalue weighted by molar-refractivity contribution is -0.147. The fourth-order valence-corrected chi connectivity index (χ4v) is 3.35. The number of esters is 1. The molecule has 0 saturated heterocycles. The first-order valence-electron chi connectivity index (χ1n) is 5.45. The zero-order valence-electron chi connectivity index (χ0n) is 8.61. The molecule has 4 atom stereocenters. The number of carbonyl (C=O) groups excluding carboxylic acids is 1. The normalized spacial score (nSPS) is 40.1. The molecule has 3 heteroatoms. The first-order chi connectivity index (χ1) is 6.76. The number of hydrogen-bond donors (Lipinski definition) is 1. The van der Waals surface area contributed by atoms with E-state index in [1.54, 1.807) is 0 Å². The fourth-order valence-electron chi connectivity index (χ4n) is 3.35. The number of rotatable bonds is 3. The average molecular weight is 198 g/mol. The Bertz CT molecular complexity index is 227. The van der Waals surface area contributed by atoms with Crippen LogP contribution in [-0.2, 0) is 9.53 Å². The first-order valence-corrected chi connectivity index (χ1v) is 5.45. The summed E-state index contributed by atoms with van der Waals surface area (Å²) in [6.07, 6.45) is 4.19. The number of ether oxygens (including phenoxy) is 1. The maximum atomic E-state index is 11.4. The number of hydrogen-bond acceptors (Lipinski definition) is 3. The maximum Gasteiger partial charge on any atom is 0.308 e. The zero-order chi connectivity index (χ0) is 10.1. The van der Waals surface area contributed by atoms with Gasteiger partial charge in [0.25, 0.3) is 0 Å². The van der Waals surface area contributed by atoms with Gasteiger partial charge in [0, 0.05) is 6.61 Å². The standard InChI is InChI=1S/C11H18O3/c1-14-11(13)10-6-8-5-9(10)4-7(8)2-3-12/h7-10,12H,2-6H2,1H3. The molecule has 4 unspecified atom stereocenters. The van der Waals surface area contributed by atoms with Crippen molar-refractivity contribution in [3.63, 3.8) is 0 Å². The summed E-state index contributed by atoms with van der Waals surface area (Å²) in [7, 11) is 1.47. The van der Waals surface area contributed by atoms with E-state index in [-0.39, 0.29) is 18.5 Å². The number of aliphatic hydroxyl groups is 1. The molecule has 0 aromatic heterocycles. The fraction of sp³-hybridized carbons (Fsp3) is 0.909. The smallest absolute Gasteiger partial charge is 0.308 e. The van der Waals surface area contributed by atoms with E-state index in [0.29, 0.717) is 17.8 Å². The highest BCUT2D eigenvalue weighted by Crippen LogP contribution is 2.52. The van der Waals surface area contributed by atoms with Gasteiger partial charge in [0.15, 0.2) is 0 Å². The van der Waals surface area contributed by atoms with Crippen molar-refractivity contribution in [2.24, 2.45) is 23.7 Å². The molecule has 0 heterocycles. The van der Waals surface area contributed by atoms with Crippen LogP contribution in [0.3, 0.4) is 0 Å². The highest BCUT2D eigenvalue weighted by atomic mass is 16.5. The Kier molecular flexibility index (Phi) is 2.77. The van der Waals surface area contributed by atoms with Crippen LogP contribution in [0.1, 0.15) is 25.7 Å². The molecule has 2 aliphatic carbocycles. The quantitative estimate of drug-likeness (QED) is 0.693. The van der Waals surface area contributed by atoms with Crippen molar-refractivity contribution in [2.75, 3.05) is 13.7 Å². The SMILES string of the molecule is COC(=O)C1CC2CC1CC2CCO. The van der Waals surface area contributed by atoms with E-state index in [0.717, 1.165) is 19.3 Å². The molecule has 80 valence electrons. The highest BCUT2D eigenvalue weighted by molar-refractivity contribution is 5.73. The lowest BCUT2D eigenvalue weighted by atomic mass is 9.81. The molecule has 2 rings (SSSR count). The van der Waals surface area contributed by atoms with Gasteiger partial charge >= 0.3 is 5.97 Å². The summed E-state index contributed by atoms with van der Waals surface area (Å²) in [5, 5.41) is 8.88. The van der Waals surface area contributed by atoms with Crippen LogP contribution in [0, 0.1) is 23.7 Å². The van der Waals surface area contributed by atoms with Gasteiger partial charge in [-0.3, -0.25) is 4.79 Å². The Morgan fingerprint density at radius 3 is 2.64 bits per heavy atom. The van der Waals surface area contributed by atoms with Crippen LogP contribution < -0.4 is 0 Å². The van der Waals surface area contributed by atoms with E-state index >= 15 is 0 Å². The summed E-state index contributed by atoms with van der Waals surface area (Å²) < 4.78 is 4.79. The Hall–Kier alpha value is -0.570. The lowest BCUT2D eigenvalue weighted by Gasteiger charge is -2.25. The Morgan fingerprint density at radius 1 is 1.36 bits per heavy atom. The van der Waals surface area contributed by atoms with Crippen LogP contribution in [0.15, 0.2) is 0 Å². The van der Waals surface area contributed by atoms with Crippen LogP contribution in [-0.4, -0.2) is 24.8 Å². The molecule has 2 bridgehead atoms. The predicted octanol–water partition coefficient (Wildman–Crippen LogP) is 1.20. The van der Waals surface area contributed by atoms with Crippen molar-refractivity contribution in [1.29, 1.82) is 0 Å². The summed E-state index contributed by atoms with van der Waals surface area (Å²) in [6, 6.07) is 0. The molecule has 0 aromatic rings. The second-order valence-corrected chi connectivity index (χ2v) is 4.63. The topological polar surface area (TPSA) is 46.5 Å². The van der Waals surface area contributed by atoms with E-state index in [1.807, 2.05) is 0 Å².